The molecule has 0 aliphatic rings. The lowest BCUT2D eigenvalue weighted by atomic mass is 10.1. The van der Waals surface area contributed by atoms with Crippen LogP contribution in [0, 0.1) is 9.39 Å². The van der Waals surface area contributed by atoms with Crippen molar-refractivity contribution in [3.8, 4) is 0 Å². The van der Waals surface area contributed by atoms with Gasteiger partial charge in [0.25, 0.3) is 5.91 Å². The van der Waals surface area contributed by atoms with E-state index < -0.39 is 11.8 Å². The van der Waals surface area contributed by atoms with Gasteiger partial charge in [0.1, 0.15) is 5.82 Å². The Balaban J connectivity index is 2.40. The van der Waals surface area contributed by atoms with E-state index in [1.807, 2.05) is 22.6 Å². The summed E-state index contributed by atoms with van der Waals surface area (Å²) in [5.74, 6) is -1.67. The number of carbonyl (C=O) groups is 2. The molecular weight excluding hydrogens is 388 g/mol. The van der Waals surface area contributed by atoms with E-state index in [-0.39, 0.29) is 17.2 Å². The molecule has 1 N–H and O–H groups in total. The van der Waals surface area contributed by atoms with Crippen molar-refractivity contribution in [1.82, 2.24) is 0 Å². The van der Waals surface area contributed by atoms with Gasteiger partial charge in [-0.2, -0.15) is 0 Å². The Labute approximate surface area is 134 Å². The summed E-state index contributed by atoms with van der Waals surface area (Å²) in [6.45, 7) is 0. The fourth-order valence-corrected chi connectivity index (χ4v) is 2.47. The van der Waals surface area contributed by atoms with Crippen LogP contribution >= 0.6 is 22.6 Å². The topological polar surface area (TPSA) is 55.4 Å². The molecule has 0 bridgehead atoms. The number of amides is 1. The van der Waals surface area contributed by atoms with Crippen molar-refractivity contribution in [1.29, 1.82) is 0 Å². The summed E-state index contributed by atoms with van der Waals surface area (Å²) < 4.78 is 18.5. The third-order valence-electron chi connectivity index (χ3n) is 2.73. The number of benzene rings is 2. The summed E-state index contributed by atoms with van der Waals surface area (Å²) in [7, 11) is 1.20. The van der Waals surface area contributed by atoms with Crippen LogP contribution in [0.5, 0.6) is 0 Å². The van der Waals surface area contributed by atoms with Crippen LogP contribution in [0.15, 0.2) is 42.5 Å². The average molecular weight is 399 g/mol. The van der Waals surface area contributed by atoms with Crippen LogP contribution in [-0.2, 0) is 4.74 Å². The molecule has 0 spiro atoms. The first-order valence-corrected chi connectivity index (χ1v) is 7.04. The van der Waals surface area contributed by atoms with E-state index in [9.17, 15) is 14.0 Å². The normalized spacial score (nSPS) is 10.0. The number of rotatable bonds is 3. The molecule has 0 aromatic heterocycles. The minimum Gasteiger partial charge on any atom is -0.465 e. The SMILES string of the molecule is COC(=O)c1cc(F)cc(I)c1NC(=O)c1ccccc1. The van der Waals surface area contributed by atoms with E-state index in [0.29, 0.717) is 9.13 Å². The van der Waals surface area contributed by atoms with Gasteiger partial charge in [0.05, 0.1) is 18.4 Å². The van der Waals surface area contributed by atoms with Gasteiger partial charge < -0.3 is 10.1 Å². The van der Waals surface area contributed by atoms with Crippen molar-refractivity contribution in [3.63, 3.8) is 0 Å². The van der Waals surface area contributed by atoms with Crippen molar-refractivity contribution in [3.05, 3.63) is 63.0 Å². The van der Waals surface area contributed by atoms with E-state index in [4.69, 9.17) is 0 Å². The van der Waals surface area contributed by atoms with Gasteiger partial charge in [0.2, 0.25) is 0 Å². The minimum absolute atomic E-state index is 0.0221. The number of esters is 1. The van der Waals surface area contributed by atoms with E-state index in [1.165, 1.54) is 13.2 Å². The number of nitrogens with one attached hydrogen (secondary N) is 1. The van der Waals surface area contributed by atoms with Crippen LogP contribution in [0.25, 0.3) is 0 Å². The molecule has 0 aliphatic heterocycles. The molecule has 2 aromatic rings. The molecule has 0 saturated heterocycles. The molecule has 4 nitrogen and oxygen atoms in total. The zero-order valence-corrected chi connectivity index (χ0v) is 13.2. The first kappa shape index (κ1) is 15.4. The molecule has 6 heteroatoms. The van der Waals surface area contributed by atoms with Crippen LogP contribution in [0.2, 0.25) is 0 Å². The van der Waals surface area contributed by atoms with Crippen LogP contribution in [0.3, 0.4) is 0 Å². The lowest BCUT2D eigenvalue weighted by Gasteiger charge is -2.12. The van der Waals surface area contributed by atoms with Gasteiger partial charge in [0, 0.05) is 9.13 Å². The number of anilines is 1. The lowest BCUT2D eigenvalue weighted by molar-refractivity contribution is 0.0601. The predicted molar refractivity (Wildman–Crippen MR) is 84.9 cm³/mol. The van der Waals surface area contributed by atoms with Crippen molar-refractivity contribution >= 4 is 40.2 Å². The largest absolute Gasteiger partial charge is 0.465 e. The first-order valence-electron chi connectivity index (χ1n) is 5.96. The highest BCUT2D eigenvalue weighted by Gasteiger charge is 2.19. The number of hydrogen-bond donors (Lipinski definition) is 1. The fourth-order valence-electron chi connectivity index (χ4n) is 1.75. The highest BCUT2D eigenvalue weighted by atomic mass is 127. The summed E-state index contributed by atoms with van der Waals surface area (Å²) in [5, 5.41) is 2.62. The highest BCUT2D eigenvalue weighted by molar-refractivity contribution is 14.1. The van der Waals surface area contributed by atoms with Crippen molar-refractivity contribution in [2.75, 3.05) is 12.4 Å². The summed E-state index contributed by atoms with van der Waals surface area (Å²) in [4.78, 5) is 23.9. The Morgan fingerprint density at radius 1 is 1.19 bits per heavy atom. The monoisotopic (exact) mass is 399 g/mol. The van der Waals surface area contributed by atoms with Crippen LogP contribution in [-0.4, -0.2) is 19.0 Å². The van der Waals surface area contributed by atoms with Crippen molar-refractivity contribution < 1.29 is 18.7 Å². The molecule has 0 saturated carbocycles. The van der Waals surface area contributed by atoms with Gasteiger partial charge in [0.15, 0.2) is 0 Å². The summed E-state index contributed by atoms with van der Waals surface area (Å²) in [5.41, 5.74) is 0.650. The minimum atomic E-state index is -0.712. The standard InChI is InChI=1S/C15H11FINO3/c1-21-15(20)11-7-10(16)8-12(17)13(11)18-14(19)9-5-3-2-4-6-9/h2-8H,1H3,(H,18,19). The third-order valence-corrected chi connectivity index (χ3v) is 3.59. The second-order valence-electron chi connectivity index (χ2n) is 4.12. The second kappa shape index (κ2) is 6.66. The number of ether oxygens (including phenoxy) is 1. The predicted octanol–water partition coefficient (Wildman–Crippen LogP) is 3.47. The molecule has 1 amide bonds. The molecule has 2 rings (SSSR count). The quantitative estimate of drug-likeness (QED) is 0.636. The Morgan fingerprint density at radius 3 is 2.48 bits per heavy atom. The van der Waals surface area contributed by atoms with E-state index in [1.54, 1.807) is 30.3 Å². The fraction of sp³-hybridized carbons (Fsp3) is 0.0667. The molecular formula is C15H11FINO3. The Bertz CT molecular complexity index is 689. The summed E-state index contributed by atoms with van der Waals surface area (Å²) in [6.07, 6.45) is 0. The number of halogens is 2. The number of hydrogen-bond acceptors (Lipinski definition) is 3. The Kier molecular flexibility index (Phi) is 4.89. The second-order valence-corrected chi connectivity index (χ2v) is 5.28. The molecule has 2 aromatic carbocycles. The molecule has 0 fully saturated rings. The molecule has 0 unspecified atom stereocenters. The maximum absolute atomic E-state index is 13.4. The molecule has 0 heterocycles. The van der Waals surface area contributed by atoms with Crippen LogP contribution < -0.4 is 5.32 Å². The van der Waals surface area contributed by atoms with Gasteiger partial charge in [-0.25, -0.2) is 9.18 Å². The molecule has 0 aliphatic carbocycles. The molecule has 0 atom stereocenters. The average Bonchev–Trinajstić information content (AvgIpc) is 2.49. The Morgan fingerprint density at radius 2 is 1.86 bits per heavy atom. The number of methoxy groups -OCH3 is 1. The zero-order chi connectivity index (χ0) is 15.4. The lowest BCUT2D eigenvalue weighted by Crippen LogP contribution is -2.17. The van der Waals surface area contributed by atoms with Gasteiger partial charge in [-0.1, -0.05) is 18.2 Å². The van der Waals surface area contributed by atoms with E-state index >= 15 is 0 Å². The van der Waals surface area contributed by atoms with Crippen molar-refractivity contribution in [2.24, 2.45) is 0 Å². The molecule has 108 valence electrons. The van der Waals surface area contributed by atoms with Crippen LogP contribution in [0.1, 0.15) is 20.7 Å². The van der Waals surface area contributed by atoms with Crippen molar-refractivity contribution in [2.45, 2.75) is 0 Å². The smallest absolute Gasteiger partial charge is 0.340 e. The maximum atomic E-state index is 13.4. The van der Waals surface area contributed by atoms with Gasteiger partial charge in [-0.05, 0) is 46.9 Å². The number of carbonyl (C=O) groups excluding carboxylic acids is 2. The van der Waals surface area contributed by atoms with Crippen LogP contribution in [0.4, 0.5) is 10.1 Å². The van der Waals surface area contributed by atoms with E-state index in [0.717, 1.165) is 6.07 Å². The third kappa shape index (κ3) is 3.57. The Hall–Kier alpha value is -1.96. The molecule has 0 radical (unpaired) electrons. The van der Waals surface area contributed by atoms with Gasteiger partial charge in [-0.3, -0.25) is 4.79 Å². The van der Waals surface area contributed by atoms with Gasteiger partial charge in [-0.15, -0.1) is 0 Å². The van der Waals surface area contributed by atoms with E-state index in [2.05, 4.69) is 10.1 Å². The molecule has 21 heavy (non-hydrogen) atoms. The highest BCUT2D eigenvalue weighted by Crippen LogP contribution is 2.26. The summed E-state index contributed by atoms with van der Waals surface area (Å²) in [6, 6.07) is 10.8. The first-order chi connectivity index (χ1) is 10.0. The summed E-state index contributed by atoms with van der Waals surface area (Å²) >= 11 is 1.85. The zero-order valence-electron chi connectivity index (χ0n) is 11.0. The van der Waals surface area contributed by atoms with Gasteiger partial charge >= 0.3 is 5.97 Å². The maximum Gasteiger partial charge on any atom is 0.340 e.